The highest BCUT2D eigenvalue weighted by Crippen LogP contribution is 2.48. The summed E-state index contributed by atoms with van der Waals surface area (Å²) in [5.74, 6) is 1.44. The molecule has 0 aromatic carbocycles. The standard InChI is InChI=1S/C13H19O5P/c1-4-7-10-17-19(15,18-11-8-5-2)12-13(14)16-9-6-3/h3-5H,1-2,7-12H2. The molecular weight excluding hydrogens is 267 g/mol. The highest BCUT2D eigenvalue weighted by Gasteiger charge is 2.29. The van der Waals surface area contributed by atoms with E-state index in [0.29, 0.717) is 12.8 Å². The Kier molecular flexibility index (Phi) is 9.82. The summed E-state index contributed by atoms with van der Waals surface area (Å²) in [6, 6.07) is 0. The first-order valence-electron chi connectivity index (χ1n) is 5.77. The van der Waals surface area contributed by atoms with Gasteiger partial charge in [-0.3, -0.25) is 9.36 Å². The van der Waals surface area contributed by atoms with Gasteiger partial charge in [0.1, 0.15) is 6.16 Å². The van der Waals surface area contributed by atoms with Crippen molar-refractivity contribution in [3.05, 3.63) is 25.3 Å². The summed E-state index contributed by atoms with van der Waals surface area (Å²) in [4.78, 5) is 11.4. The second-order valence-electron chi connectivity index (χ2n) is 3.45. The predicted molar refractivity (Wildman–Crippen MR) is 73.8 cm³/mol. The van der Waals surface area contributed by atoms with Crippen LogP contribution in [0, 0.1) is 12.3 Å². The molecule has 0 spiro atoms. The van der Waals surface area contributed by atoms with E-state index in [1.54, 1.807) is 12.2 Å². The van der Waals surface area contributed by atoms with E-state index in [1.807, 2.05) is 0 Å². The molecule has 0 aliphatic heterocycles. The number of carbonyl (C=O) groups is 1. The zero-order chi connectivity index (χ0) is 14.6. The van der Waals surface area contributed by atoms with Crippen molar-refractivity contribution in [1.82, 2.24) is 0 Å². The van der Waals surface area contributed by atoms with E-state index >= 15 is 0 Å². The van der Waals surface area contributed by atoms with Crippen molar-refractivity contribution < 1.29 is 23.1 Å². The largest absolute Gasteiger partial charge is 0.452 e. The van der Waals surface area contributed by atoms with Crippen LogP contribution in [-0.2, 0) is 23.1 Å². The predicted octanol–water partition coefficient (Wildman–Crippen LogP) is 2.54. The van der Waals surface area contributed by atoms with Crippen molar-refractivity contribution in [1.29, 1.82) is 0 Å². The molecule has 0 unspecified atom stereocenters. The summed E-state index contributed by atoms with van der Waals surface area (Å²) < 4.78 is 27.2. The maximum absolute atomic E-state index is 12.3. The van der Waals surface area contributed by atoms with Crippen LogP contribution < -0.4 is 0 Å². The normalized spacial score (nSPS) is 10.5. The Hall–Kier alpha value is -1.34. The van der Waals surface area contributed by atoms with Crippen LogP contribution in [0.2, 0.25) is 0 Å². The van der Waals surface area contributed by atoms with Crippen LogP contribution in [0.5, 0.6) is 0 Å². The van der Waals surface area contributed by atoms with Gasteiger partial charge in [0.15, 0.2) is 6.61 Å². The molecule has 0 fully saturated rings. The van der Waals surface area contributed by atoms with Crippen molar-refractivity contribution in [3.8, 4) is 12.3 Å². The van der Waals surface area contributed by atoms with Crippen LogP contribution in [0.25, 0.3) is 0 Å². The van der Waals surface area contributed by atoms with Gasteiger partial charge in [0.25, 0.3) is 0 Å². The maximum Gasteiger partial charge on any atom is 0.341 e. The number of rotatable bonds is 11. The monoisotopic (exact) mass is 286 g/mol. The Morgan fingerprint density at radius 3 is 2.16 bits per heavy atom. The smallest absolute Gasteiger partial charge is 0.341 e. The second-order valence-corrected chi connectivity index (χ2v) is 5.51. The molecule has 5 nitrogen and oxygen atoms in total. The summed E-state index contributed by atoms with van der Waals surface area (Å²) in [5, 5.41) is 0. The zero-order valence-electron chi connectivity index (χ0n) is 10.9. The van der Waals surface area contributed by atoms with E-state index in [9.17, 15) is 9.36 Å². The molecule has 0 radical (unpaired) electrons. The molecule has 0 aliphatic rings. The van der Waals surface area contributed by atoms with Crippen molar-refractivity contribution in [2.75, 3.05) is 26.0 Å². The van der Waals surface area contributed by atoms with Gasteiger partial charge in [0, 0.05) is 0 Å². The summed E-state index contributed by atoms with van der Waals surface area (Å²) >= 11 is 0. The molecule has 0 atom stereocenters. The average molecular weight is 286 g/mol. The van der Waals surface area contributed by atoms with Crippen molar-refractivity contribution in [3.63, 3.8) is 0 Å². The van der Waals surface area contributed by atoms with E-state index < -0.39 is 19.7 Å². The number of hydrogen-bond acceptors (Lipinski definition) is 5. The Bertz CT molecular complexity index is 365. The third kappa shape index (κ3) is 9.26. The van der Waals surface area contributed by atoms with Gasteiger partial charge >= 0.3 is 13.6 Å². The van der Waals surface area contributed by atoms with Gasteiger partial charge in [-0.2, -0.15) is 0 Å². The van der Waals surface area contributed by atoms with E-state index in [1.165, 1.54) is 0 Å². The molecular formula is C13H19O5P. The van der Waals surface area contributed by atoms with Crippen LogP contribution in [0.4, 0.5) is 0 Å². The van der Waals surface area contributed by atoms with Crippen molar-refractivity contribution >= 4 is 13.6 Å². The molecule has 0 aliphatic carbocycles. The van der Waals surface area contributed by atoms with Gasteiger partial charge in [-0.05, 0) is 12.8 Å². The third-order valence-corrected chi connectivity index (χ3v) is 3.66. The highest BCUT2D eigenvalue weighted by molar-refractivity contribution is 7.54. The zero-order valence-corrected chi connectivity index (χ0v) is 11.8. The molecule has 0 amide bonds. The molecule has 0 rings (SSSR count). The number of esters is 1. The van der Waals surface area contributed by atoms with Crippen LogP contribution in [0.3, 0.4) is 0 Å². The molecule has 0 bridgehead atoms. The molecule has 0 aromatic heterocycles. The molecule has 106 valence electrons. The minimum Gasteiger partial charge on any atom is -0.452 e. The Balaban J connectivity index is 4.41. The molecule has 19 heavy (non-hydrogen) atoms. The lowest BCUT2D eigenvalue weighted by Crippen LogP contribution is -2.14. The third-order valence-electron chi connectivity index (χ3n) is 1.86. The van der Waals surface area contributed by atoms with Crippen LogP contribution in [0.15, 0.2) is 25.3 Å². The lowest BCUT2D eigenvalue weighted by Gasteiger charge is -2.17. The van der Waals surface area contributed by atoms with E-state index in [-0.39, 0.29) is 19.8 Å². The molecule has 0 saturated heterocycles. The topological polar surface area (TPSA) is 61.8 Å². The number of terminal acetylenes is 1. The van der Waals surface area contributed by atoms with E-state index in [0.717, 1.165) is 0 Å². The van der Waals surface area contributed by atoms with Gasteiger partial charge in [-0.25, -0.2) is 0 Å². The Morgan fingerprint density at radius 1 is 1.21 bits per heavy atom. The summed E-state index contributed by atoms with van der Waals surface area (Å²) in [7, 11) is -3.51. The van der Waals surface area contributed by atoms with Gasteiger partial charge in [0.05, 0.1) is 13.2 Å². The molecule has 6 heteroatoms. The van der Waals surface area contributed by atoms with Crippen LogP contribution >= 0.6 is 7.60 Å². The van der Waals surface area contributed by atoms with Crippen LogP contribution in [-0.4, -0.2) is 32.0 Å². The fraction of sp³-hybridized carbons (Fsp3) is 0.462. The Labute approximate surface area is 114 Å². The number of ether oxygens (including phenoxy) is 1. The van der Waals surface area contributed by atoms with Crippen molar-refractivity contribution in [2.24, 2.45) is 0 Å². The van der Waals surface area contributed by atoms with E-state index in [2.05, 4.69) is 23.8 Å². The highest BCUT2D eigenvalue weighted by atomic mass is 31.2. The first-order chi connectivity index (χ1) is 9.08. The van der Waals surface area contributed by atoms with Crippen LogP contribution in [0.1, 0.15) is 12.8 Å². The maximum atomic E-state index is 12.3. The van der Waals surface area contributed by atoms with Gasteiger partial charge in [-0.15, -0.1) is 19.6 Å². The van der Waals surface area contributed by atoms with Crippen molar-refractivity contribution in [2.45, 2.75) is 12.8 Å². The quantitative estimate of drug-likeness (QED) is 0.192. The first-order valence-corrected chi connectivity index (χ1v) is 7.49. The second kappa shape index (κ2) is 10.6. The number of carbonyl (C=O) groups excluding carboxylic acids is 1. The minimum atomic E-state index is -3.51. The number of hydrogen-bond donors (Lipinski definition) is 0. The molecule has 0 heterocycles. The van der Waals surface area contributed by atoms with E-state index in [4.69, 9.17) is 15.5 Å². The summed E-state index contributed by atoms with van der Waals surface area (Å²) in [6.45, 7) is 7.20. The van der Waals surface area contributed by atoms with Gasteiger partial charge in [0.2, 0.25) is 0 Å². The summed E-state index contributed by atoms with van der Waals surface area (Å²) in [6.07, 6.45) is 8.75. The fourth-order valence-corrected chi connectivity index (χ4v) is 2.44. The molecule has 0 saturated carbocycles. The SMILES string of the molecule is C#CCOC(=O)CP(=O)(OCCC=C)OCCC=C. The fourth-order valence-electron chi connectivity index (χ4n) is 1.00. The molecule has 0 aromatic rings. The van der Waals surface area contributed by atoms with Gasteiger partial charge < -0.3 is 13.8 Å². The lowest BCUT2D eigenvalue weighted by atomic mass is 10.5. The average Bonchev–Trinajstić information content (AvgIpc) is 2.37. The lowest BCUT2D eigenvalue weighted by molar-refractivity contribution is -0.139. The summed E-state index contributed by atoms with van der Waals surface area (Å²) in [5.41, 5.74) is 0. The molecule has 0 N–H and O–H groups in total. The minimum absolute atomic E-state index is 0.164. The first kappa shape index (κ1) is 17.7. The Morgan fingerprint density at radius 2 is 1.74 bits per heavy atom. The van der Waals surface area contributed by atoms with Gasteiger partial charge in [-0.1, -0.05) is 18.1 Å².